The smallest absolute Gasteiger partial charge is 0.234 e. The van der Waals surface area contributed by atoms with Crippen LogP contribution in [0.2, 0.25) is 0 Å². The summed E-state index contributed by atoms with van der Waals surface area (Å²) in [7, 11) is 0. The molecule has 1 aliphatic heterocycles. The highest BCUT2D eigenvalue weighted by Crippen LogP contribution is 2.35. The molecule has 1 heterocycles. The van der Waals surface area contributed by atoms with Crippen molar-refractivity contribution in [2.45, 2.75) is 33.2 Å². The molecule has 0 bridgehead atoms. The van der Waals surface area contributed by atoms with Gasteiger partial charge in [0.05, 0.1) is 6.54 Å². The van der Waals surface area contributed by atoms with Crippen LogP contribution in [0.5, 0.6) is 0 Å². The van der Waals surface area contributed by atoms with E-state index in [2.05, 4.69) is 28.5 Å². The zero-order chi connectivity index (χ0) is 17.8. The zero-order valence-corrected chi connectivity index (χ0v) is 15.0. The number of carbonyl (C=O) groups is 2. The molecule has 0 unspecified atom stereocenters. The second kappa shape index (κ2) is 7.83. The van der Waals surface area contributed by atoms with E-state index in [4.69, 9.17) is 0 Å². The third-order valence-corrected chi connectivity index (χ3v) is 5.14. The van der Waals surface area contributed by atoms with Gasteiger partial charge in [0, 0.05) is 32.2 Å². The van der Waals surface area contributed by atoms with Gasteiger partial charge in [-0.05, 0) is 49.3 Å². The van der Waals surface area contributed by atoms with Gasteiger partial charge in [-0.15, -0.1) is 0 Å². The first-order valence-corrected chi connectivity index (χ1v) is 9.01. The third-order valence-electron chi connectivity index (χ3n) is 5.14. The standard InChI is InChI=1S/C20H27N3O2/c1-14-3-6-17-11-23(12-18(17)9-14)13-20(25)21-10-16-4-7-19(8-5-16)22-15(2)24/h3-5,7-8,17-18H,6,9-13H2,1-2H3,(H,21,25)(H,22,24)/t17-,18+/m1/s1. The maximum atomic E-state index is 12.2. The number of benzene rings is 1. The lowest BCUT2D eigenvalue weighted by atomic mass is 9.83. The molecule has 3 rings (SSSR count). The summed E-state index contributed by atoms with van der Waals surface area (Å²) < 4.78 is 0. The molecule has 1 aromatic rings. The normalized spacial score (nSPS) is 22.9. The number of anilines is 1. The highest BCUT2D eigenvalue weighted by molar-refractivity contribution is 5.88. The predicted octanol–water partition coefficient (Wildman–Crippen LogP) is 2.55. The second-order valence-electron chi connectivity index (χ2n) is 7.36. The SMILES string of the molecule is CC(=O)Nc1ccc(CNC(=O)CN2C[C@H]3CC=C(C)C[C@H]3C2)cc1. The number of nitrogens with one attached hydrogen (secondary N) is 2. The Morgan fingerprint density at radius 3 is 2.60 bits per heavy atom. The molecular formula is C20H27N3O2. The Kier molecular flexibility index (Phi) is 5.53. The van der Waals surface area contributed by atoms with Crippen LogP contribution in [0.3, 0.4) is 0 Å². The van der Waals surface area contributed by atoms with Crippen molar-refractivity contribution >= 4 is 17.5 Å². The Hall–Kier alpha value is -2.14. The van der Waals surface area contributed by atoms with Crippen LogP contribution in [-0.2, 0) is 16.1 Å². The van der Waals surface area contributed by atoms with Crippen molar-refractivity contribution in [1.29, 1.82) is 0 Å². The highest BCUT2D eigenvalue weighted by Gasteiger charge is 2.34. The Morgan fingerprint density at radius 1 is 1.16 bits per heavy atom. The average molecular weight is 341 g/mol. The van der Waals surface area contributed by atoms with Crippen LogP contribution in [0.1, 0.15) is 32.3 Å². The molecular weight excluding hydrogens is 314 g/mol. The van der Waals surface area contributed by atoms with E-state index in [0.29, 0.717) is 13.1 Å². The van der Waals surface area contributed by atoms with E-state index in [-0.39, 0.29) is 11.8 Å². The lowest BCUT2D eigenvalue weighted by Crippen LogP contribution is -2.36. The first-order chi connectivity index (χ1) is 12.0. The molecule has 5 heteroatoms. The molecule has 2 amide bonds. The highest BCUT2D eigenvalue weighted by atomic mass is 16.2. The number of fused-ring (bicyclic) bond motifs is 1. The fraction of sp³-hybridized carbons (Fsp3) is 0.500. The quantitative estimate of drug-likeness (QED) is 0.809. The van der Waals surface area contributed by atoms with Crippen molar-refractivity contribution in [3.63, 3.8) is 0 Å². The van der Waals surface area contributed by atoms with Crippen LogP contribution < -0.4 is 10.6 Å². The summed E-state index contributed by atoms with van der Waals surface area (Å²) >= 11 is 0. The maximum Gasteiger partial charge on any atom is 0.234 e. The number of rotatable bonds is 5. The lowest BCUT2D eigenvalue weighted by molar-refractivity contribution is -0.122. The van der Waals surface area contributed by atoms with Crippen molar-refractivity contribution in [3.05, 3.63) is 41.5 Å². The van der Waals surface area contributed by atoms with Crippen LogP contribution in [0.15, 0.2) is 35.9 Å². The van der Waals surface area contributed by atoms with Gasteiger partial charge in [-0.1, -0.05) is 23.8 Å². The van der Waals surface area contributed by atoms with Crippen molar-refractivity contribution in [2.24, 2.45) is 11.8 Å². The van der Waals surface area contributed by atoms with Gasteiger partial charge in [-0.2, -0.15) is 0 Å². The zero-order valence-electron chi connectivity index (χ0n) is 15.0. The number of likely N-dealkylation sites (tertiary alicyclic amines) is 1. The van der Waals surface area contributed by atoms with Crippen molar-refractivity contribution in [2.75, 3.05) is 25.0 Å². The Labute approximate surface area is 149 Å². The molecule has 0 radical (unpaired) electrons. The van der Waals surface area contributed by atoms with Gasteiger partial charge in [0.1, 0.15) is 0 Å². The minimum absolute atomic E-state index is 0.0780. The number of hydrogen-bond donors (Lipinski definition) is 2. The maximum absolute atomic E-state index is 12.2. The van der Waals surface area contributed by atoms with E-state index >= 15 is 0 Å². The average Bonchev–Trinajstić information content (AvgIpc) is 2.95. The van der Waals surface area contributed by atoms with Gasteiger partial charge in [0.15, 0.2) is 0 Å². The van der Waals surface area contributed by atoms with Crippen molar-refractivity contribution in [3.8, 4) is 0 Å². The van der Waals surface area contributed by atoms with E-state index in [1.807, 2.05) is 24.3 Å². The lowest BCUT2D eigenvalue weighted by Gasteiger charge is -2.22. The van der Waals surface area contributed by atoms with Gasteiger partial charge in [-0.3, -0.25) is 14.5 Å². The molecule has 1 fully saturated rings. The summed E-state index contributed by atoms with van der Waals surface area (Å²) in [6.45, 7) is 6.77. The molecule has 134 valence electrons. The van der Waals surface area contributed by atoms with Gasteiger partial charge in [0.2, 0.25) is 11.8 Å². The number of hydrogen-bond acceptors (Lipinski definition) is 3. The molecule has 1 aliphatic carbocycles. The molecule has 0 spiro atoms. The Balaban J connectivity index is 1.42. The summed E-state index contributed by atoms with van der Waals surface area (Å²) in [5.74, 6) is 1.43. The fourth-order valence-electron chi connectivity index (χ4n) is 3.88. The van der Waals surface area contributed by atoms with Crippen LogP contribution in [0.25, 0.3) is 0 Å². The van der Waals surface area contributed by atoms with E-state index in [0.717, 1.165) is 42.6 Å². The fourth-order valence-corrected chi connectivity index (χ4v) is 3.88. The molecule has 25 heavy (non-hydrogen) atoms. The molecule has 2 aliphatic rings. The molecule has 5 nitrogen and oxygen atoms in total. The van der Waals surface area contributed by atoms with Crippen molar-refractivity contribution in [1.82, 2.24) is 10.2 Å². The molecule has 1 aromatic carbocycles. The van der Waals surface area contributed by atoms with Gasteiger partial charge in [0.25, 0.3) is 0 Å². The van der Waals surface area contributed by atoms with Crippen LogP contribution >= 0.6 is 0 Å². The first-order valence-electron chi connectivity index (χ1n) is 9.01. The first kappa shape index (κ1) is 17.7. The molecule has 0 saturated carbocycles. The molecule has 0 aromatic heterocycles. The van der Waals surface area contributed by atoms with E-state index in [1.165, 1.54) is 18.9 Å². The monoisotopic (exact) mass is 341 g/mol. The summed E-state index contributed by atoms with van der Waals surface area (Å²) in [5.41, 5.74) is 3.29. The summed E-state index contributed by atoms with van der Waals surface area (Å²) in [5, 5.41) is 5.73. The molecule has 2 atom stereocenters. The van der Waals surface area contributed by atoms with Gasteiger partial charge >= 0.3 is 0 Å². The largest absolute Gasteiger partial charge is 0.351 e. The molecule has 2 N–H and O–H groups in total. The van der Waals surface area contributed by atoms with Gasteiger partial charge in [-0.25, -0.2) is 0 Å². The number of carbonyl (C=O) groups excluding carboxylic acids is 2. The molecule has 1 saturated heterocycles. The third kappa shape index (κ3) is 4.92. The van der Waals surface area contributed by atoms with E-state index < -0.39 is 0 Å². The Morgan fingerprint density at radius 2 is 1.88 bits per heavy atom. The summed E-state index contributed by atoms with van der Waals surface area (Å²) in [6.07, 6.45) is 4.70. The summed E-state index contributed by atoms with van der Waals surface area (Å²) in [4.78, 5) is 25.5. The number of nitrogens with zero attached hydrogens (tertiary/aromatic N) is 1. The number of allylic oxidation sites excluding steroid dienone is 2. The summed E-state index contributed by atoms with van der Waals surface area (Å²) in [6, 6.07) is 7.54. The van der Waals surface area contributed by atoms with Crippen LogP contribution in [-0.4, -0.2) is 36.3 Å². The van der Waals surface area contributed by atoms with Crippen LogP contribution in [0, 0.1) is 11.8 Å². The van der Waals surface area contributed by atoms with Crippen LogP contribution in [0.4, 0.5) is 5.69 Å². The minimum atomic E-state index is -0.0855. The number of amides is 2. The Bertz CT molecular complexity index is 666. The van der Waals surface area contributed by atoms with E-state index in [9.17, 15) is 9.59 Å². The van der Waals surface area contributed by atoms with E-state index in [1.54, 1.807) is 0 Å². The second-order valence-corrected chi connectivity index (χ2v) is 7.36. The van der Waals surface area contributed by atoms with Gasteiger partial charge < -0.3 is 10.6 Å². The van der Waals surface area contributed by atoms with Crippen molar-refractivity contribution < 1.29 is 9.59 Å². The topological polar surface area (TPSA) is 61.4 Å². The minimum Gasteiger partial charge on any atom is -0.351 e. The predicted molar refractivity (Wildman–Crippen MR) is 99.0 cm³/mol.